The Morgan fingerprint density at radius 2 is 2.14 bits per heavy atom. The van der Waals surface area contributed by atoms with E-state index in [0.717, 1.165) is 18.2 Å². The van der Waals surface area contributed by atoms with Crippen LogP contribution in [0, 0.1) is 10.1 Å². The largest absolute Gasteiger partial charge is 0.410 e. The van der Waals surface area contributed by atoms with Crippen LogP contribution in [0.3, 0.4) is 0 Å². The molecule has 2 aromatic rings. The highest BCUT2D eigenvalue weighted by Crippen LogP contribution is 2.36. The van der Waals surface area contributed by atoms with Crippen molar-refractivity contribution in [2.45, 2.75) is 23.8 Å². The summed E-state index contributed by atoms with van der Waals surface area (Å²) >= 11 is 0. The van der Waals surface area contributed by atoms with Gasteiger partial charge in [-0.1, -0.05) is 24.3 Å². The smallest absolute Gasteiger partial charge is 0.358 e. The van der Waals surface area contributed by atoms with Gasteiger partial charge in [0.05, 0.1) is 17.8 Å². The summed E-state index contributed by atoms with van der Waals surface area (Å²) in [5, 5.41) is 14.6. The van der Waals surface area contributed by atoms with Gasteiger partial charge in [-0.15, -0.1) is 0 Å². The number of nitrogens with zero attached hydrogens (tertiary/aromatic N) is 3. The second kappa shape index (κ2) is 4.81. The number of aromatic nitrogens is 2. The SMILES string of the molecule is O=[N+]([O-])c1nn(CC2Cc3ccccc32)cc1S(=O)(=O)Cl. The Labute approximate surface area is 124 Å². The molecule has 0 N–H and O–H groups in total. The summed E-state index contributed by atoms with van der Waals surface area (Å²) in [6, 6.07) is 7.88. The highest BCUT2D eigenvalue weighted by Gasteiger charge is 2.32. The summed E-state index contributed by atoms with van der Waals surface area (Å²) in [6.07, 6.45) is 1.95. The summed E-state index contributed by atoms with van der Waals surface area (Å²) in [5.74, 6) is -0.566. The van der Waals surface area contributed by atoms with Gasteiger partial charge in [-0.2, -0.15) is 4.68 Å². The van der Waals surface area contributed by atoms with E-state index in [4.69, 9.17) is 10.7 Å². The quantitative estimate of drug-likeness (QED) is 0.486. The minimum Gasteiger partial charge on any atom is -0.358 e. The topological polar surface area (TPSA) is 95.1 Å². The van der Waals surface area contributed by atoms with Crippen LogP contribution in [0.2, 0.25) is 0 Å². The summed E-state index contributed by atoms with van der Waals surface area (Å²) < 4.78 is 24.0. The molecule has 3 rings (SSSR count). The lowest BCUT2D eigenvalue weighted by molar-refractivity contribution is -0.392. The van der Waals surface area contributed by atoms with Crippen molar-refractivity contribution in [2.24, 2.45) is 0 Å². The molecule has 0 amide bonds. The van der Waals surface area contributed by atoms with E-state index in [1.807, 2.05) is 24.3 Å². The van der Waals surface area contributed by atoms with Gasteiger partial charge in [-0.25, -0.2) is 8.42 Å². The lowest BCUT2D eigenvalue weighted by Crippen LogP contribution is -2.22. The van der Waals surface area contributed by atoms with Crippen molar-refractivity contribution in [3.05, 3.63) is 51.7 Å². The second-order valence-electron chi connectivity index (χ2n) is 4.83. The van der Waals surface area contributed by atoms with Gasteiger partial charge in [0.2, 0.25) is 4.90 Å². The fraction of sp³-hybridized carbons (Fsp3) is 0.250. The maximum absolute atomic E-state index is 11.3. The second-order valence-corrected chi connectivity index (χ2v) is 7.37. The zero-order chi connectivity index (χ0) is 15.2. The third kappa shape index (κ3) is 2.52. The third-order valence-corrected chi connectivity index (χ3v) is 4.83. The van der Waals surface area contributed by atoms with Gasteiger partial charge in [0.1, 0.15) is 0 Å². The van der Waals surface area contributed by atoms with E-state index >= 15 is 0 Å². The number of fused-ring (bicyclic) bond motifs is 1. The first kappa shape index (κ1) is 14.0. The highest BCUT2D eigenvalue weighted by molar-refractivity contribution is 8.13. The minimum absolute atomic E-state index is 0.173. The molecule has 0 saturated heterocycles. The van der Waals surface area contributed by atoms with Crippen LogP contribution in [0.4, 0.5) is 5.82 Å². The third-order valence-electron chi connectivity index (χ3n) is 3.51. The molecule has 0 fully saturated rings. The summed E-state index contributed by atoms with van der Waals surface area (Å²) in [6.45, 7) is 0.379. The molecule has 1 aromatic heterocycles. The number of halogens is 1. The van der Waals surface area contributed by atoms with E-state index in [-0.39, 0.29) is 5.92 Å². The van der Waals surface area contributed by atoms with Crippen LogP contribution >= 0.6 is 10.7 Å². The molecule has 21 heavy (non-hydrogen) atoms. The minimum atomic E-state index is -4.20. The Kier molecular flexibility index (Phi) is 3.22. The van der Waals surface area contributed by atoms with Crippen LogP contribution in [0.25, 0.3) is 0 Å². The molecule has 9 heteroatoms. The Morgan fingerprint density at radius 3 is 2.71 bits per heavy atom. The molecule has 0 bridgehead atoms. The fourth-order valence-electron chi connectivity index (χ4n) is 2.54. The molecule has 0 aliphatic heterocycles. The van der Waals surface area contributed by atoms with E-state index in [1.165, 1.54) is 10.2 Å². The summed E-state index contributed by atoms with van der Waals surface area (Å²) in [4.78, 5) is 9.44. The van der Waals surface area contributed by atoms with Crippen LogP contribution in [-0.4, -0.2) is 23.1 Å². The summed E-state index contributed by atoms with van der Waals surface area (Å²) in [5.41, 5.74) is 2.39. The van der Waals surface area contributed by atoms with Crippen LogP contribution in [0.5, 0.6) is 0 Å². The van der Waals surface area contributed by atoms with Crippen molar-refractivity contribution in [3.8, 4) is 0 Å². The van der Waals surface area contributed by atoms with Crippen molar-refractivity contribution in [1.29, 1.82) is 0 Å². The molecule has 1 unspecified atom stereocenters. The van der Waals surface area contributed by atoms with Gasteiger partial charge < -0.3 is 10.1 Å². The Hall–Kier alpha value is -1.93. The average Bonchev–Trinajstić information content (AvgIpc) is 2.80. The van der Waals surface area contributed by atoms with E-state index in [1.54, 1.807) is 0 Å². The van der Waals surface area contributed by atoms with Gasteiger partial charge in [-0.05, 0) is 22.5 Å². The molecule has 1 aliphatic rings. The number of rotatable bonds is 4. The van der Waals surface area contributed by atoms with Crippen molar-refractivity contribution >= 4 is 25.6 Å². The average molecular weight is 328 g/mol. The van der Waals surface area contributed by atoms with E-state index in [9.17, 15) is 18.5 Å². The van der Waals surface area contributed by atoms with Crippen molar-refractivity contribution in [3.63, 3.8) is 0 Å². The van der Waals surface area contributed by atoms with Gasteiger partial charge >= 0.3 is 5.82 Å². The molecule has 0 radical (unpaired) electrons. The monoisotopic (exact) mass is 327 g/mol. The van der Waals surface area contributed by atoms with E-state index < -0.39 is 24.7 Å². The number of hydrogen-bond acceptors (Lipinski definition) is 5. The lowest BCUT2D eigenvalue weighted by Gasteiger charge is -2.29. The highest BCUT2D eigenvalue weighted by atomic mass is 35.7. The Balaban J connectivity index is 1.90. The van der Waals surface area contributed by atoms with Crippen LogP contribution in [0.15, 0.2) is 35.4 Å². The van der Waals surface area contributed by atoms with Crippen LogP contribution in [-0.2, 0) is 22.0 Å². The van der Waals surface area contributed by atoms with Crippen LogP contribution in [0.1, 0.15) is 17.0 Å². The Morgan fingerprint density at radius 1 is 1.43 bits per heavy atom. The molecule has 1 heterocycles. The molecule has 7 nitrogen and oxygen atoms in total. The number of benzene rings is 1. The van der Waals surface area contributed by atoms with Crippen LogP contribution < -0.4 is 0 Å². The summed E-state index contributed by atoms with van der Waals surface area (Å²) in [7, 11) is 1.01. The predicted octanol–water partition coefficient (Wildman–Crippen LogP) is 2.06. The number of nitro groups is 1. The maximum atomic E-state index is 11.3. The molecular weight excluding hydrogens is 318 g/mol. The van der Waals surface area contributed by atoms with E-state index in [0.29, 0.717) is 6.54 Å². The zero-order valence-electron chi connectivity index (χ0n) is 10.6. The first-order valence-corrected chi connectivity index (χ1v) is 8.41. The normalized spacial score (nSPS) is 17.1. The first-order chi connectivity index (χ1) is 9.86. The number of hydrogen-bond donors (Lipinski definition) is 0. The van der Waals surface area contributed by atoms with Gasteiger partial charge in [-0.3, -0.25) is 0 Å². The van der Waals surface area contributed by atoms with Gasteiger partial charge in [0.25, 0.3) is 9.05 Å². The maximum Gasteiger partial charge on any atom is 0.410 e. The fourth-order valence-corrected chi connectivity index (χ4v) is 3.44. The standard InChI is InChI=1S/C12H10ClN3O4S/c13-21(19,20)11-7-15(14-12(11)16(17)18)6-9-5-8-3-1-2-4-10(8)9/h1-4,7,9H,5-6H2. The molecule has 0 spiro atoms. The molecule has 0 saturated carbocycles. The predicted molar refractivity (Wildman–Crippen MR) is 74.8 cm³/mol. The Bertz CT molecular complexity index is 831. The lowest BCUT2D eigenvalue weighted by atomic mass is 9.78. The van der Waals surface area contributed by atoms with Crippen molar-refractivity contribution in [1.82, 2.24) is 9.78 Å². The molecular formula is C12H10ClN3O4S. The molecule has 1 aromatic carbocycles. The molecule has 1 atom stereocenters. The molecule has 1 aliphatic carbocycles. The molecule has 110 valence electrons. The first-order valence-electron chi connectivity index (χ1n) is 6.10. The van der Waals surface area contributed by atoms with Crippen molar-refractivity contribution < 1.29 is 13.3 Å². The van der Waals surface area contributed by atoms with Gasteiger partial charge in [0, 0.05) is 16.6 Å². The zero-order valence-corrected chi connectivity index (χ0v) is 12.2. The van der Waals surface area contributed by atoms with Gasteiger partial charge in [0.15, 0.2) is 0 Å². The van der Waals surface area contributed by atoms with E-state index in [2.05, 4.69) is 5.10 Å². The van der Waals surface area contributed by atoms with Crippen molar-refractivity contribution in [2.75, 3.05) is 0 Å².